The van der Waals surface area contributed by atoms with Crippen molar-refractivity contribution in [1.29, 1.82) is 0 Å². The molecule has 1 N–H and O–H groups in total. The van der Waals surface area contributed by atoms with Crippen molar-refractivity contribution in [3.8, 4) is 0 Å². The van der Waals surface area contributed by atoms with Gasteiger partial charge in [-0.15, -0.1) is 0 Å². The Kier molecular flexibility index (Phi) is 4.24. The minimum Gasteiger partial charge on any atom is -0.472 e. The summed E-state index contributed by atoms with van der Waals surface area (Å²) in [5.74, 6) is 1.20. The first-order valence-electron chi connectivity index (χ1n) is 8.79. The fourth-order valence-electron chi connectivity index (χ4n) is 5.55. The summed E-state index contributed by atoms with van der Waals surface area (Å²) in [4.78, 5) is 0. The van der Waals surface area contributed by atoms with Crippen LogP contribution in [0.3, 0.4) is 0 Å². The molecule has 1 aromatic heterocycles. The molecule has 1 aromatic rings. The van der Waals surface area contributed by atoms with E-state index in [0.29, 0.717) is 23.9 Å². The topological polar surface area (TPSA) is 33.4 Å². The van der Waals surface area contributed by atoms with Gasteiger partial charge < -0.3 is 9.52 Å². The lowest BCUT2D eigenvalue weighted by Gasteiger charge is -2.58. The van der Waals surface area contributed by atoms with E-state index in [0.717, 1.165) is 19.3 Å². The van der Waals surface area contributed by atoms with Crippen LogP contribution in [0.1, 0.15) is 57.9 Å². The number of fused-ring (bicyclic) bond motifs is 1. The van der Waals surface area contributed by atoms with Gasteiger partial charge in [0.25, 0.3) is 0 Å². The molecule has 0 saturated heterocycles. The highest BCUT2D eigenvalue weighted by molar-refractivity contribution is 5.17. The lowest BCUT2D eigenvalue weighted by atomic mass is 9.47. The molecule has 0 amide bonds. The van der Waals surface area contributed by atoms with Crippen molar-refractivity contribution in [2.45, 2.75) is 58.8 Å². The summed E-state index contributed by atoms with van der Waals surface area (Å²) in [7, 11) is 0. The highest BCUT2D eigenvalue weighted by Crippen LogP contribution is 2.61. The molecule has 2 aliphatic carbocycles. The van der Waals surface area contributed by atoms with Crippen molar-refractivity contribution in [2.24, 2.45) is 22.7 Å². The summed E-state index contributed by atoms with van der Waals surface area (Å²) in [5, 5.41) is 10.0. The highest BCUT2D eigenvalue weighted by Gasteiger charge is 2.53. The lowest BCUT2D eigenvalue weighted by molar-refractivity contribution is -0.0858. The Balaban J connectivity index is 1.82. The molecular formula is C20H30O2. The average Bonchev–Trinajstić information content (AvgIpc) is 2.99. The number of furan rings is 1. The van der Waals surface area contributed by atoms with Gasteiger partial charge >= 0.3 is 0 Å². The Morgan fingerprint density at radius 2 is 2.18 bits per heavy atom. The number of allylic oxidation sites excluding steroid dienone is 1. The van der Waals surface area contributed by atoms with E-state index in [2.05, 4.69) is 26.5 Å². The number of rotatable bonds is 4. The first-order valence-corrected chi connectivity index (χ1v) is 8.79. The van der Waals surface area contributed by atoms with Gasteiger partial charge in [0.2, 0.25) is 0 Å². The number of hydrogen-bond donors (Lipinski definition) is 1. The third-order valence-corrected chi connectivity index (χ3v) is 6.81. The molecule has 0 radical (unpaired) electrons. The second-order valence-corrected chi connectivity index (χ2v) is 8.14. The molecular weight excluding hydrogens is 272 g/mol. The monoisotopic (exact) mass is 302 g/mol. The summed E-state index contributed by atoms with van der Waals surface area (Å²) in [6, 6.07) is 2.07. The van der Waals surface area contributed by atoms with Crippen LogP contribution in [-0.2, 0) is 6.42 Å². The largest absolute Gasteiger partial charge is 0.472 e. The third-order valence-electron chi connectivity index (χ3n) is 6.81. The standard InChI is InChI=1S/C20H30O2/c1-15-5-8-18-19(2,14-21)10-4-11-20(18,3)17(15)7-6-16-9-12-22-13-16/h9,12-13,17-18,21H,1,4-8,10-11,14H2,2-3H3/t17-,18?,19+,20+/m0/s1. The molecule has 2 aliphatic rings. The quantitative estimate of drug-likeness (QED) is 0.795. The minimum atomic E-state index is 0.0988. The molecule has 2 fully saturated rings. The van der Waals surface area contributed by atoms with Crippen LogP contribution in [0.2, 0.25) is 0 Å². The molecule has 122 valence electrons. The van der Waals surface area contributed by atoms with Crippen LogP contribution in [0.4, 0.5) is 0 Å². The second kappa shape index (κ2) is 5.88. The molecule has 0 bridgehead atoms. The Morgan fingerprint density at radius 1 is 1.36 bits per heavy atom. The average molecular weight is 302 g/mol. The number of aliphatic hydroxyl groups excluding tert-OH is 1. The minimum absolute atomic E-state index is 0.0988. The molecule has 2 heteroatoms. The predicted octanol–water partition coefficient (Wildman–Crippen LogP) is 4.98. The van der Waals surface area contributed by atoms with E-state index in [-0.39, 0.29) is 5.41 Å². The van der Waals surface area contributed by atoms with Crippen molar-refractivity contribution >= 4 is 0 Å². The normalized spacial score (nSPS) is 38.8. The first-order chi connectivity index (χ1) is 10.5. The zero-order valence-corrected chi connectivity index (χ0v) is 14.1. The maximum atomic E-state index is 10.0. The van der Waals surface area contributed by atoms with Crippen LogP contribution in [0, 0.1) is 22.7 Å². The smallest absolute Gasteiger partial charge is 0.0934 e. The van der Waals surface area contributed by atoms with E-state index < -0.39 is 0 Å². The molecule has 2 saturated carbocycles. The van der Waals surface area contributed by atoms with Gasteiger partial charge in [-0.2, -0.15) is 0 Å². The summed E-state index contributed by atoms with van der Waals surface area (Å²) >= 11 is 0. The summed E-state index contributed by atoms with van der Waals surface area (Å²) in [6.45, 7) is 9.52. The van der Waals surface area contributed by atoms with Gasteiger partial charge in [-0.25, -0.2) is 0 Å². The SMILES string of the molecule is C=C1CCC2[C@@](C)(CO)CCC[C@]2(C)[C@H]1CCc1ccoc1. The van der Waals surface area contributed by atoms with E-state index in [1.807, 2.05) is 6.26 Å². The third kappa shape index (κ3) is 2.56. The molecule has 2 nitrogen and oxygen atoms in total. The van der Waals surface area contributed by atoms with Crippen LogP contribution in [0.25, 0.3) is 0 Å². The lowest BCUT2D eigenvalue weighted by Crippen LogP contribution is -2.51. The Morgan fingerprint density at radius 3 is 2.86 bits per heavy atom. The Hall–Kier alpha value is -1.02. The number of hydrogen-bond acceptors (Lipinski definition) is 2. The van der Waals surface area contributed by atoms with E-state index in [9.17, 15) is 5.11 Å². The van der Waals surface area contributed by atoms with Gasteiger partial charge in [0.05, 0.1) is 12.5 Å². The van der Waals surface area contributed by atoms with Crippen LogP contribution in [0.15, 0.2) is 35.2 Å². The molecule has 22 heavy (non-hydrogen) atoms. The predicted molar refractivity (Wildman–Crippen MR) is 89.5 cm³/mol. The van der Waals surface area contributed by atoms with E-state index in [1.54, 1.807) is 6.26 Å². The van der Waals surface area contributed by atoms with Gasteiger partial charge in [-0.1, -0.05) is 32.4 Å². The summed E-state index contributed by atoms with van der Waals surface area (Å²) in [6.07, 6.45) is 11.9. The van der Waals surface area contributed by atoms with Crippen LogP contribution in [0.5, 0.6) is 0 Å². The van der Waals surface area contributed by atoms with Gasteiger partial charge in [-0.05, 0) is 72.8 Å². The second-order valence-electron chi connectivity index (χ2n) is 8.14. The summed E-state index contributed by atoms with van der Waals surface area (Å²) < 4.78 is 5.21. The maximum Gasteiger partial charge on any atom is 0.0934 e. The fourth-order valence-corrected chi connectivity index (χ4v) is 5.55. The van der Waals surface area contributed by atoms with Crippen LogP contribution >= 0.6 is 0 Å². The van der Waals surface area contributed by atoms with E-state index in [4.69, 9.17) is 4.42 Å². The first kappa shape index (κ1) is 15.9. The molecule has 0 aliphatic heterocycles. The van der Waals surface area contributed by atoms with Gasteiger partial charge in [0.1, 0.15) is 0 Å². The maximum absolute atomic E-state index is 10.0. The van der Waals surface area contributed by atoms with Crippen molar-refractivity contribution in [3.05, 3.63) is 36.3 Å². The van der Waals surface area contributed by atoms with Crippen LogP contribution < -0.4 is 0 Å². The zero-order chi connectivity index (χ0) is 15.8. The van der Waals surface area contributed by atoms with Crippen LogP contribution in [-0.4, -0.2) is 11.7 Å². The summed E-state index contributed by atoms with van der Waals surface area (Å²) in [5.41, 5.74) is 3.12. The van der Waals surface area contributed by atoms with Crippen molar-refractivity contribution in [3.63, 3.8) is 0 Å². The number of aryl methyl sites for hydroxylation is 1. The molecule has 3 rings (SSSR count). The van der Waals surface area contributed by atoms with Crippen molar-refractivity contribution < 1.29 is 9.52 Å². The van der Waals surface area contributed by atoms with Crippen molar-refractivity contribution in [1.82, 2.24) is 0 Å². The molecule has 4 atom stereocenters. The van der Waals surface area contributed by atoms with Gasteiger partial charge in [0, 0.05) is 6.61 Å². The fraction of sp³-hybridized carbons (Fsp3) is 0.700. The Labute approximate surface area is 134 Å². The van der Waals surface area contributed by atoms with E-state index in [1.165, 1.54) is 36.8 Å². The molecule has 1 unspecified atom stereocenters. The molecule has 0 spiro atoms. The van der Waals surface area contributed by atoms with E-state index >= 15 is 0 Å². The highest BCUT2D eigenvalue weighted by atomic mass is 16.3. The van der Waals surface area contributed by atoms with Gasteiger partial charge in [0.15, 0.2) is 0 Å². The number of aliphatic hydroxyl groups is 1. The Bertz CT molecular complexity index is 518. The van der Waals surface area contributed by atoms with Gasteiger partial charge in [-0.3, -0.25) is 0 Å². The van der Waals surface area contributed by atoms with Crippen molar-refractivity contribution in [2.75, 3.05) is 6.61 Å². The molecule has 0 aromatic carbocycles. The molecule has 1 heterocycles. The zero-order valence-electron chi connectivity index (χ0n) is 14.1.